The second-order valence-electron chi connectivity index (χ2n) is 5.29. The van der Waals surface area contributed by atoms with Gasteiger partial charge in [0.2, 0.25) is 0 Å². The highest BCUT2D eigenvalue weighted by atomic mass is 16.5. The predicted octanol–water partition coefficient (Wildman–Crippen LogP) is 5.36. The van der Waals surface area contributed by atoms with E-state index in [2.05, 4.69) is 19.1 Å². The summed E-state index contributed by atoms with van der Waals surface area (Å²) in [7, 11) is 0. The van der Waals surface area contributed by atoms with Crippen LogP contribution in [0.15, 0.2) is 64.1 Å². The van der Waals surface area contributed by atoms with E-state index in [1.54, 1.807) is 18.2 Å². The molecule has 0 bridgehead atoms. The highest BCUT2D eigenvalue weighted by Gasteiger charge is 2.11. The van der Waals surface area contributed by atoms with Crippen molar-refractivity contribution in [3.63, 3.8) is 0 Å². The molecule has 2 aromatic rings. The lowest BCUT2D eigenvalue weighted by molar-refractivity contribution is 0.340. The maximum absolute atomic E-state index is 12.7. The largest absolute Gasteiger partial charge is 0.494 e. The number of hydrogen-bond acceptors (Lipinski definition) is 3. The lowest BCUT2D eigenvalue weighted by Crippen LogP contribution is -2.07. The van der Waals surface area contributed by atoms with Crippen molar-refractivity contribution in [2.75, 3.05) is 6.61 Å². The fraction of sp³-hybridized carbons (Fsp3) is 0.286. The van der Waals surface area contributed by atoms with Gasteiger partial charge < -0.3 is 9.15 Å². The second-order valence-corrected chi connectivity index (χ2v) is 5.29. The molecule has 1 aromatic carbocycles. The Balaban J connectivity index is 0.00000100. The quantitative estimate of drug-likeness (QED) is 0.762. The van der Waals surface area contributed by atoms with Crippen molar-refractivity contribution in [2.45, 2.75) is 27.7 Å². The minimum absolute atomic E-state index is 0.0249. The maximum Gasteiger partial charge on any atom is 0.200 e. The first-order valence-electron chi connectivity index (χ1n) is 8.44. The molecule has 1 aliphatic rings. The molecule has 0 radical (unpaired) electrons. The van der Waals surface area contributed by atoms with E-state index in [1.165, 1.54) is 6.26 Å². The standard InChI is InChI=1S/C19H18O3.C2H6/c1-3-21-15-9-10-16-18(11-15)22-12-17(19(16)20)14-6-4-5-13(2)7-8-14;1-2/h4-13H,3H2,1-2H3;1-2H3. The first kappa shape index (κ1) is 17.8. The van der Waals surface area contributed by atoms with Gasteiger partial charge in [-0.05, 0) is 30.5 Å². The third-order valence-corrected chi connectivity index (χ3v) is 3.64. The molecule has 0 spiro atoms. The Labute approximate surface area is 143 Å². The average molecular weight is 324 g/mol. The summed E-state index contributed by atoms with van der Waals surface area (Å²) >= 11 is 0. The Hall–Kier alpha value is -2.55. The Morgan fingerprint density at radius 3 is 2.75 bits per heavy atom. The number of rotatable bonds is 3. The Bertz CT molecular complexity index is 838. The number of fused-ring (bicyclic) bond motifs is 1. The summed E-state index contributed by atoms with van der Waals surface area (Å²) in [5, 5.41) is 0.566. The van der Waals surface area contributed by atoms with Crippen molar-refractivity contribution >= 4 is 16.5 Å². The monoisotopic (exact) mass is 324 g/mol. The molecule has 0 aliphatic heterocycles. The topological polar surface area (TPSA) is 39.4 Å². The molecule has 1 aromatic heterocycles. The van der Waals surface area contributed by atoms with E-state index in [0.717, 1.165) is 5.57 Å². The van der Waals surface area contributed by atoms with Crippen LogP contribution in [0, 0.1) is 5.92 Å². The average Bonchev–Trinajstić information content (AvgIpc) is 2.82. The van der Waals surface area contributed by atoms with Gasteiger partial charge in [-0.2, -0.15) is 0 Å². The van der Waals surface area contributed by atoms with E-state index in [-0.39, 0.29) is 5.43 Å². The van der Waals surface area contributed by atoms with E-state index < -0.39 is 0 Å². The summed E-state index contributed by atoms with van der Waals surface area (Å²) < 4.78 is 11.1. The van der Waals surface area contributed by atoms with Crippen LogP contribution in [0.4, 0.5) is 0 Å². The van der Waals surface area contributed by atoms with Crippen LogP contribution in [-0.2, 0) is 0 Å². The first-order chi connectivity index (χ1) is 11.7. The molecule has 1 heterocycles. The van der Waals surface area contributed by atoms with Gasteiger partial charge in [-0.25, -0.2) is 0 Å². The summed E-state index contributed by atoms with van der Waals surface area (Å²) in [6.07, 6.45) is 11.6. The molecule has 3 heteroatoms. The molecule has 1 atom stereocenters. The molecule has 1 unspecified atom stereocenters. The molecule has 0 N–H and O–H groups in total. The Morgan fingerprint density at radius 2 is 2.00 bits per heavy atom. The molecule has 3 rings (SSSR count). The molecule has 0 saturated carbocycles. The van der Waals surface area contributed by atoms with Gasteiger partial charge in [0.1, 0.15) is 17.6 Å². The van der Waals surface area contributed by atoms with Gasteiger partial charge in [0.15, 0.2) is 5.43 Å². The zero-order chi connectivity index (χ0) is 17.5. The Morgan fingerprint density at radius 1 is 1.21 bits per heavy atom. The normalized spacial score (nSPS) is 16.2. The van der Waals surface area contributed by atoms with Crippen molar-refractivity contribution in [1.82, 2.24) is 0 Å². The van der Waals surface area contributed by atoms with Gasteiger partial charge in [-0.3, -0.25) is 4.79 Å². The van der Waals surface area contributed by atoms with Gasteiger partial charge in [-0.1, -0.05) is 51.2 Å². The molecule has 0 amide bonds. The van der Waals surface area contributed by atoms with Crippen LogP contribution in [0.1, 0.15) is 33.3 Å². The van der Waals surface area contributed by atoms with Crippen LogP contribution >= 0.6 is 0 Å². The van der Waals surface area contributed by atoms with Crippen LogP contribution < -0.4 is 10.2 Å². The smallest absolute Gasteiger partial charge is 0.200 e. The van der Waals surface area contributed by atoms with E-state index >= 15 is 0 Å². The summed E-state index contributed by atoms with van der Waals surface area (Å²) in [4.78, 5) is 12.7. The summed E-state index contributed by atoms with van der Waals surface area (Å²) in [5.41, 5.74) is 1.96. The number of ether oxygens (including phenoxy) is 1. The van der Waals surface area contributed by atoms with Gasteiger partial charge in [0, 0.05) is 6.07 Å². The number of hydrogen-bond donors (Lipinski definition) is 0. The number of allylic oxidation sites excluding steroid dienone is 6. The van der Waals surface area contributed by atoms with Crippen molar-refractivity contribution in [1.29, 1.82) is 0 Å². The van der Waals surface area contributed by atoms with Crippen molar-refractivity contribution in [3.8, 4) is 5.75 Å². The zero-order valence-electron chi connectivity index (χ0n) is 14.7. The van der Waals surface area contributed by atoms with E-state index in [9.17, 15) is 4.79 Å². The van der Waals surface area contributed by atoms with Gasteiger partial charge in [0.25, 0.3) is 0 Å². The van der Waals surface area contributed by atoms with Gasteiger partial charge >= 0.3 is 0 Å². The zero-order valence-corrected chi connectivity index (χ0v) is 14.7. The minimum atomic E-state index is -0.0249. The Kier molecular flexibility index (Phi) is 6.19. The summed E-state index contributed by atoms with van der Waals surface area (Å²) in [6, 6.07) is 5.31. The van der Waals surface area contributed by atoms with Crippen molar-refractivity contribution < 1.29 is 9.15 Å². The second kappa shape index (κ2) is 8.34. The summed E-state index contributed by atoms with van der Waals surface area (Å²) in [5.74, 6) is 1.06. The summed E-state index contributed by atoms with van der Waals surface area (Å²) in [6.45, 7) is 8.60. The minimum Gasteiger partial charge on any atom is -0.494 e. The molecule has 126 valence electrons. The molecule has 0 fully saturated rings. The van der Waals surface area contributed by atoms with Crippen molar-refractivity contribution in [3.05, 3.63) is 70.6 Å². The molecule has 24 heavy (non-hydrogen) atoms. The predicted molar refractivity (Wildman–Crippen MR) is 100 cm³/mol. The molecule has 1 aliphatic carbocycles. The highest BCUT2D eigenvalue weighted by molar-refractivity contribution is 5.84. The fourth-order valence-corrected chi connectivity index (χ4v) is 2.45. The van der Waals surface area contributed by atoms with Gasteiger partial charge in [-0.15, -0.1) is 0 Å². The first-order valence-corrected chi connectivity index (χ1v) is 8.44. The highest BCUT2D eigenvalue weighted by Crippen LogP contribution is 2.23. The van der Waals surface area contributed by atoms with Crippen LogP contribution in [0.2, 0.25) is 0 Å². The SMILES string of the molecule is CC.CCOc1ccc2c(=O)c(C3=CC=CC(C)C=C3)coc2c1. The molecular formula is C21H24O3. The van der Waals surface area contributed by atoms with Crippen LogP contribution in [-0.4, -0.2) is 6.61 Å². The maximum atomic E-state index is 12.7. The van der Waals surface area contributed by atoms with E-state index in [4.69, 9.17) is 9.15 Å². The lowest BCUT2D eigenvalue weighted by Gasteiger charge is -2.06. The van der Waals surface area contributed by atoms with Gasteiger partial charge in [0.05, 0.1) is 17.6 Å². The number of benzene rings is 1. The van der Waals surface area contributed by atoms with E-state index in [0.29, 0.717) is 34.8 Å². The van der Waals surface area contributed by atoms with Crippen molar-refractivity contribution in [2.24, 2.45) is 5.92 Å². The van der Waals surface area contributed by atoms with Crippen LogP contribution in [0.5, 0.6) is 5.75 Å². The van der Waals surface area contributed by atoms with Crippen LogP contribution in [0.25, 0.3) is 16.5 Å². The lowest BCUT2D eigenvalue weighted by atomic mass is 10.0. The van der Waals surface area contributed by atoms with Crippen LogP contribution in [0.3, 0.4) is 0 Å². The molecule has 3 nitrogen and oxygen atoms in total. The molecule has 0 saturated heterocycles. The molecular weight excluding hydrogens is 300 g/mol. The fourth-order valence-electron chi connectivity index (χ4n) is 2.45. The third-order valence-electron chi connectivity index (χ3n) is 3.64. The van der Waals surface area contributed by atoms with E-state index in [1.807, 2.05) is 39.0 Å². The third kappa shape index (κ3) is 3.85.